The van der Waals surface area contributed by atoms with Crippen LogP contribution in [0.5, 0.6) is 5.75 Å². The van der Waals surface area contributed by atoms with Gasteiger partial charge in [-0.2, -0.15) is 5.10 Å². The highest BCUT2D eigenvalue weighted by atomic mass is 35.5. The lowest BCUT2D eigenvalue weighted by Crippen LogP contribution is -1.95. The van der Waals surface area contributed by atoms with E-state index in [1.807, 2.05) is 6.92 Å². The summed E-state index contributed by atoms with van der Waals surface area (Å²) in [6.07, 6.45) is 1.52. The van der Waals surface area contributed by atoms with Crippen LogP contribution in [0.4, 0.5) is 10.9 Å². The molecule has 5 nitrogen and oxygen atoms in total. The zero-order valence-electron chi connectivity index (χ0n) is 10.4. The van der Waals surface area contributed by atoms with Crippen molar-refractivity contribution >= 4 is 40.1 Å². The lowest BCUT2D eigenvalue weighted by atomic mass is 10.0. The van der Waals surface area contributed by atoms with Crippen molar-refractivity contribution in [3.63, 3.8) is 0 Å². The van der Waals surface area contributed by atoms with E-state index in [0.717, 1.165) is 5.56 Å². The summed E-state index contributed by atoms with van der Waals surface area (Å²) in [5.74, 6) is 0.617. The van der Waals surface area contributed by atoms with Crippen LogP contribution < -0.4 is 11.2 Å². The Bertz CT molecular complexity index is 613. The smallest absolute Gasteiger partial charge is 0.205 e. The van der Waals surface area contributed by atoms with Crippen LogP contribution in [0, 0.1) is 13.8 Å². The number of nitrogens with two attached hydrogens (primary N) is 1. The summed E-state index contributed by atoms with van der Waals surface area (Å²) in [5.41, 5.74) is 10.3. The van der Waals surface area contributed by atoms with E-state index in [1.165, 1.54) is 17.6 Å². The number of benzene rings is 1. The van der Waals surface area contributed by atoms with Crippen molar-refractivity contribution in [1.29, 1.82) is 0 Å². The standard InChI is InChI=1S/C12H13ClN4OS/c1-6-3-9(13)7(2)8(11(6)18)4-15-17-12-16-10(14)5-19-12/h3-5,18H,14H2,1-2H3,(H,16,17). The molecule has 1 heterocycles. The van der Waals surface area contributed by atoms with Crippen LogP contribution in [0.15, 0.2) is 16.5 Å². The number of rotatable bonds is 3. The number of halogens is 1. The van der Waals surface area contributed by atoms with E-state index in [-0.39, 0.29) is 5.75 Å². The molecule has 0 atom stereocenters. The van der Waals surface area contributed by atoms with E-state index in [2.05, 4.69) is 15.5 Å². The SMILES string of the molecule is Cc1cc(Cl)c(C)c(C=NNc2nc(N)cs2)c1O. The quantitative estimate of drug-likeness (QED) is 0.600. The number of phenolic OH excluding ortho intramolecular Hbond substituents is 1. The van der Waals surface area contributed by atoms with Crippen LogP contribution in [0.1, 0.15) is 16.7 Å². The molecule has 0 spiro atoms. The third kappa shape index (κ3) is 2.97. The number of nitrogen functional groups attached to an aromatic ring is 1. The highest BCUT2D eigenvalue weighted by molar-refractivity contribution is 7.14. The van der Waals surface area contributed by atoms with E-state index in [0.29, 0.717) is 27.1 Å². The number of hydrogen-bond donors (Lipinski definition) is 3. The molecule has 0 amide bonds. The van der Waals surface area contributed by atoms with Gasteiger partial charge in [0.25, 0.3) is 0 Å². The molecule has 0 fully saturated rings. The molecule has 0 radical (unpaired) electrons. The van der Waals surface area contributed by atoms with Crippen LogP contribution in [-0.4, -0.2) is 16.3 Å². The first-order valence-corrected chi connectivity index (χ1v) is 6.73. The summed E-state index contributed by atoms with van der Waals surface area (Å²) in [6.45, 7) is 3.61. The molecule has 19 heavy (non-hydrogen) atoms. The number of aryl methyl sites for hydroxylation is 1. The van der Waals surface area contributed by atoms with Gasteiger partial charge in [0, 0.05) is 16.0 Å². The lowest BCUT2D eigenvalue weighted by Gasteiger charge is -2.08. The highest BCUT2D eigenvalue weighted by Crippen LogP contribution is 2.29. The summed E-state index contributed by atoms with van der Waals surface area (Å²) in [6, 6.07) is 1.72. The van der Waals surface area contributed by atoms with Crippen molar-refractivity contribution in [3.05, 3.63) is 33.2 Å². The Kier molecular flexibility index (Phi) is 3.92. The van der Waals surface area contributed by atoms with Crippen molar-refractivity contribution in [1.82, 2.24) is 4.98 Å². The fourth-order valence-corrected chi connectivity index (χ4v) is 2.35. The Hall–Kier alpha value is -1.79. The molecule has 4 N–H and O–H groups in total. The van der Waals surface area contributed by atoms with Crippen LogP contribution in [0.3, 0.4) is 0 Å². The number of nitrogens with one attached hydrogen (secondary N) is 1. The molecule has 0 unspecified atom stereocenters. The summed E-state index contributed by atoms with van der Waals surface area (Å²) in [4.78, 5) is 4.00. The second-order valence-corrected chi connectivity index (χ2v) is 5.28. The zero-order valence-corrected chi connectivity index (χ0v) is 12.0. The molecule has 0 saturated heterocycles. The van der Waals surface area contributed by atoms with Crippen LogP contribution in [0.2, 0.25) is 5.02 Å². The largest absolute Gasteiger partial charge is 0.507 e. The Morgan fingerprint density at radius 2 is 2.26 bits per heavy atom. The molecule has 1 aromatic carbocycles. The number of aromatic hydroxyl groups is 1. The maximum absolute atomic E-state index is 9.99. The molecule has 0 saturated carbocycles. The number of thiazole rings is 1. The normalized spacial score (nSPS) is 11.1. The summed E-state index contributed by atoms with van der Waals surface area (Å²) in [5, 5.41) is 16.9. The third-order valence-electron chi connectivity index (χ3n) is 2.61. The molecule has 0 aliphatic rings. The van der Waals surface area contributed by atoms with Crippen molar-refractivity contribution in [2.24, 2.45) is 5.10 Å². The zero-order chi connectivity index (χ0) is 14.0. The Balaban J connectivity index is 2.23. The van der Waals surface area contributed by atoms with E-state index in [1.54, 1.807) is 18.4 Å². The van der Waals surface area contributed by atoms with Crippen LogP contribution in [0.25, 0.3) is 0 Å². The van der Waals surface area contributed by atoms with Crippen LogP contribution in [-0.2, 0) is 0 Å². The first-order valence-electron chi connectivity index (χ1n) is 5.47. The summed E-state index contributed by atoms with van der Waals surface area (Å²) >= 11 is 7.42. The van der Waals surface area contributed by atoms with E-state index in [4.69, 9.17) is 17.3 Å². The van der Waals surface area contributed by atoms with E-state index < -0.39 is 0 Å². The van der Waals surface area contributed by atoms with Crippen molar-refractivity contribution in [2.45, 2.75) is 13.8 Å². The third-order valence-corrected chi connectivity index (χ3v) is 3.77. The fourth-order valence-electron chi connectivity index (χ4n) is 1.53. The molecule has 2 rings (SSSR count). The first-order chi connectivity index (χ1) is 8.99. The van der Waals surface area contributed by atoms with Gasteiger partial charge in [-0.15, -0.1) is 11.3 Å². The van der Waals surface area contributed by atoms with Gasteiger partial charge in [-0.3, -0.25) is 5.43 Å². The Morgan fingerprint density at radius 1 is 1.53 bits per heavy atom. The van der Waals surface area contributed by atoms with Gasteiger partial charge in [-0.05, 0) is 31.0 Å². The van der Waals surface area contributed by atoms with Gasteiger partial charge in [0.05, 0.1) is 6.21 Å². The number of aromatic nitrogens is 1. The van der Waals surface area contributed by atoms with Gasteiger partial charge in [-0.25, -0.2) is 4.98 Å². The molecule has 2 aromatic rings. The highest BCUT2D eigenvalue weighted by Gasteiger charge is 2.09. The van der Waals surface area contributed by atoms with E-state index in [9.17, 15) is 5.11 Å². The topological polar surface area (TPSA) is 83.5 Å². The number of hydrogen-bond acceptors (Lipinski definition) is 6. The maximum Gasteiger partial charge on any atom is 0.205 e. The molecule has 7 heteroatoms. The minimum absolute atomic E-state index is 0.172. The van der Waals surface area contributed by atoms with Crippen LogP contribution >= 0.6 is 22.9 Å². The molecule has 0 aliphatic heterocycles. The molecule has 1 aromatic heterocycles. The number of nitrogens with zero attached hydrogens (tertiary/aromatic N) is 2. The number of hydrazone groups is 1. The Morgan fingerprint density at radius 3 is 2.89 bits per heavy atom. The monoisotopic (exact) mass is 296 g/mol. The average Bonchev–Trinajstić information content (AvgIpc) is 2.77. The number of phenols is 1. The lowest BCUT2D eigenvalue weighted by molar-refractivity contribution is 0.470. The summed E-state index contributed by atoms with van der Waals surface area (Å²) < 4.78 is 0. The second kappa shape index (κ2) is 5.46. The minimum atomic E-state index is 0.172. The van der Waals surface area contributed by atoms with Gasteiger partial charge < -0.3 is 10.8 Å². The van der Waals surface area contributed by atoms with Gasteiger partial charge in [-0.1, -0.05) is 11.6 Å². The maximum atomic E-state index is 9.99. The summed E-state index contributed by atoms with van der Waals surface area (Å²) in [7, 11) is 0. The number of anilines is 2. The van der Waals surface area contributed by atoms with Gasteiger partial charge in [0.1, 0.15) is 11.6 Å². The molecule has 100 valence electrons. The average molecular weight is 297 g/mol. The van der Waals surface area contributed by atoms with Crippen molar-refractivity contribution in [2.75, 3.05) is 11.2 Å². The van der Waals surface area contributed by atoms with Crippen molar-refractivity contribution in [3.8, 4) is 5.75 Å². The van der Waals surface area contributed by atoms with Crippen molar-refractivity contribution < 1.29 is 5.11 Å². The Labute approximate surface area is 119 Å². The molecule has 0 bridgehead atoms. The first kappa shape index (κ1) is 13.6. The van der Waals surface area contributed by atoms with Gasteiger partial charge in [0.15, 0.2) is 0 Å². The molecular weight excluding hydrogens is 284 g/mol. The molecular formula is C12H13ClN4OS. The molecule has 0 aliphatic carbocycles. The fraction of sp³-hybridized carbons (Fsp3) is 0.167. The predicted molar refractivity (Wildman–Crippen MR) is 80.3 cm³/mol. The van der Waals surface area contributed by atoms with Gasteiger partial charge in [0.2, 0.25) is 5.13 Å². The minimum Gasteiger partial charge on any atom is -0.507 e. The van der Waals surface area contributed by atoms with E-state index >= 15 is 0 Å². The second-order valence-electron chi connectivity index (χ2n) is 4.01. The van der Waals surface area contributed by atoms with Gasteiger partial charge >= 0.3 is 0 Å². The predicted octanol–water partition coefficient (Wildman–Crippen LogP) is 3.15.